The average molecular weight is 356 g/mol. The number of para-hydroxylation sites is 1. The van der Waals surface area contributed by atoms with E-state index in [4.69, 9.17) is 11.6 Å². The zero-order chi connectivity index (χ0) is 16.6. The quantitative estimate of drug-likeness (QED) is 0.883. The third-order valence-electron chi connectivity index (χ3n) is 4.06. The summed E-state index contributed by atoms with van der Waals surface area (Å²) >= 11 is 6.27. The van der Waals surface area contributed by atoms with Gasteiger partial charge in [-0.15, -0.1) is 0 Å². The van der Waals surface area contributed by atoms with E-state index >= 15 is 0 Å². The molecule has 1 aliphatic heterocycles. The molecule has 0 bridgehead atoms. The second-order valence-corrected chi connectivity index (χ2v) is 8.15. The normalized spacial score (nSPS) is 19.8. The van der Waals surface area contributed by atoms with Crippen LogP contribution >= 0.6 is 11.6 Å². The van der Waals surface area contributed by atoms with Gasteiger partial charge < -0.3 is 10.3 Å². The number of fused-ring (bicyclic) bond motifs is 1. The second-order valence-electron chi connectivity index (χ2n) is 5.79. The molecular formula is C15H18ClN3O3S. The molecule has 1 unspecified atom stereocenters. The number of H-pyrrole nitrogens is 1. The molecule has 0 spiro atoms. The third kappa shape index (κ3) is 3.36. The summed E-state index contributed by atoms with van der Waals surface area (Å²) < 4.78 is 24.7. The van der Waals surface area contributed by atoms with Crippen molar-refractivity contribution in [1.82, 2.24) is 14.6 Å². The number of sulfonamides is 1. The first-order valence-electron chi connectivity index (χ1n) is 7.38. The minimum absolute atomic E-state index is 0.214. The van der Waals surface area contributed by atoms with Gasteiger partial charge in [-0.2, -0.15) is 0 Å². The Morgan fingerprint density at radius 2 is 2.13 bits per heavy atom. The fourth-order valence-corrected chi connectivity index (χ4v) is 4.09. The van der Waals surface area contributed by atoms with Crippen LogP contribution in [0.2, 0.25) is 5.02 Å². The highest BCUT2D eigenvalue weighted by Crippen LogP contribution is 2.27. The van der Waals surface area contributed by atoms with Crippen molar-refractivity contribution < 1.29 is 13.2 Å². The fourth-order valence-electron chi connectivity index (χ4n) is 2.88. The van der Waals surface area contributed by atoms with Crippen LogP contribution in [-0.4, -0.2) is 49.0 Å². The van der Waals surface area contributed by atoms with Crippen LogP contribution in [0.4, 0.5) is 0 Å². The van der Waals surface area contributed by atoms with Gasteiger partial charge in [0.1, 0.15) is 5.69 Å². The molecular weight excluding hydrogens is 338 g/mol. The van der Waals surface area contributed by atoms with Crippen molar-refractivity contribution in [3.05, 3.63) is 35.0 Å². The summed E-state index contributed by atoms with van der Waals surface area (Å²) in [5.74, 6) is -0.313. The lowest BCUT2D eigenvalue weighted by molar-refractivity contribution is 0.0917. The van der Waals surface area contributed by atoms with Crippen molar-refractivity contribution in [2.24, 2.45) is 0 Å². The van der Waals surface area contributed by atoms with Crippen molar-refractivity contribution in [2.45, 2.75) is 18.9 Å². The Bertz CT molecular complexity index is 847. The van der Waals surface area contributed by atoms with Crippen LogP contribution in [0.3, 0.4) is 0 Å². The van der Waals surface area contributed by atoms with E-state index in [9.17, 15) is 13.2 Å². The fraction of sp³-hybridized carbons (Fsp3) is 0.400. The van der Waals surface area contributed by atoms with Crippen molar-refractivity contribution in [2.75, 3.05) is 19.3 Å². The lowest BCUT2D eigenvalue weighted by Gasteiger charge is -2.31. The molecule has 1 amide bonds. The molecule has 1 fully saturated rings. The number of carbonyl (C=O) groups is 1. The van der Waals surface area contributed by atoms with E-state index in [1.807, 2.05) is 24.3 Å². The standard InChI is InChI=1S/C15H18ClN3O3S/c1-23(21,22)19-8-4-5-10(9-19)17-15(20)14-13(16)11-6-2-3-7-12(11)18-14/h2-3,6-7,10,18H,4-5,8-9H2,1H3,(H,17,20). The molecule has 2 aromatic rings. The highest BCUT2D eigenvalue weighted by molar-refractivity contribution is 7.88. The molecule has 1 aromatic heterocycles. The van der Waals surface area contributed by atoms with Crippen molar-refractivity contribution >= 4 is 38.4 Å². The summed E-state index contributed by atoms with van der Waals surface area (Å²) in [6.07, 6.45) is 2.65. The van der Waals surface area contributed by atoms with Gasteiger partial charge in [-0.05, 0) is 18.9 Å². The maximum atomic E-state index is 12.5. The summed E-state index contributed by atoms with van der Waals surface area (Å²) in [5.41, 5.74) is 1.11. The molecule has 23 heavy (non-hydrogen) atoms. The van der Waals surface area contributed by atoms with Gasteiger partial charge in [0.05, 0.1) is 11.3 Å². The number of rotatable bonds is 3. The summed E-state index contributed by atoms with van der Waals surface area (Å²) in [6, 6.07) is 7.20. The summed E-state index contributed by atoms with van der Waals surface area (Å²) in [4.78, 5) is 15.5. The molecule has 3 rings (SSSR count). The molecule has 6 nitrogen and oxygen atoms in total. The van der Waals surface area contributed by atoms with Crippen molar-refractivity contribution in [1.29, 1.82) is 0 Å². The first-order valence-corrected chi connectivity index (χ1v) is 9.61. The first kappa shape index (κ1) is 16.3. The number of hydrogen-bond donors (Lipinski definition) is 2. The van der Waals surface area contributed by atoms with Crippen LogP contribution in [0, 0.1) is 0 Å². The molecule has 1 aromatic carbocycles. The number of nitrogens with one attached hydrogen (secondary N) is 2. The monoisotopic (exact) mass is 355 g/mol. The topological polar surface area (TPSA) is 82.3 Å². The molecule has 124 valence electrons. The van der Waals surface area contributed by atoms with E-state index in [1.54, 1.807) is 0 Å². The van der Waals surface area contributed by atoms with Gasteiger partial charge in [-0.3, -0.25) is 4.79 Å². The van der Waals surface area contributed by atoms with Crippen LogP contribution < -0.4 is 5.32 Å². The SMILES string of the molecule is CS(=O)(=O)N1CCCC(NC(=O)c2[nH]c3ccccc3c2Cl)C1. The number of nitrogens with zero attached hydrogens (tertiary/aromatic N) is 1. The molecule has 1 saturated heterocycles. The lowest BCUT2D eigenvalue weighted by atomic mass is 10.1. The van der Waals surface area contributed by atoms with Crippen LogP contribution in [-0.2, 0) is 10.0 Å². The first-order chi connectivity index (χ1) is 10.9. The molecule has 0 aliphatic carbocycles. The number of benzene rings is 1. The molecule has 0 radical (unpaired) electrons. The molecule has 1 atom stereocenters. The number of aromatic nitrogens is 1. The minimum Gasteiger partial charge on any atom is -0.349 e. The maximum absolute atomic E-state index is 12.5. The van der Waals surface area contributed by atoms with Crippen LogP contribution in [0.5, 0.6) is 0 Å². The van der Waals surface area contributed by atoms with E-state index in [-0.39, 0.29) is 11.9 Å². The van der Waals surface area contributed by atoms with Crippen molar-refractivity contribution in [3.8, 4) is 0 Å². The van der Waals surface area contributed by atoms with E-state index in [1.165, 1.54) is 10.6 Å². The average Bonchev–Trinajstić information content (AvgIpc) is 2.84. The lowest BCUT2D eigenvalue weighted by Crippen LogP contribution is -2.49. The summed E-state index contributed by atoms with van der Waals surface area (Å²) in [7, 11) is -3.24. The Kier molecular flexibility index (Phi) is 4.35. The zero-order valence-corrected chi connectivity index (χ0v) is 14.2. The Morgan fingerprint density at radius 1 is 1.39 bits per heavy atom. The van der Waals surface area contributed by atoms with Gasteiger partial charge in [0.15, 0.2) is 0 Å². The zero-order valence-electron chi connectivity index (χ0n) is 12.7. The van der Waals surface area contributed by atoms with E-state index in [2.05, 4.69) is 10.3 Å². The van der Waals surface area contributed by atoms with Gasteiger partial charge in [0.25, 0.3) is 5.91 Å². The number of halogens is 1. The molecule has 2 heterocycles. The summed E-state index contributed by atoms with van der Waals surface area (Å²) in [5, 5.41) is 4.05. The molecule has 8 heteroatoms. The van der Waals surface area contributed by atoms with E-state index in [0.29, 0.717) is 23.8 Å². The molecule has 1 aliphatic rings. The highest BCUT2D eigenvalue weighted by atomic mass is 35.5. The van der Waals surface area contributed by atoms with Gasteiger partial charge in [-0.25, -0.2) is 12.7 Å². The predicted octanol–water partition coefficient (Wildman–Crippen LogP) is 1.98. The number of amides is 1. The number of carbonyl (C=O) groups excluding carboxylic acids is 1. The second kappa shape index (κ2) is 6.14. The number of aromatic amines is 1. The van der Waals surface area contributed by atoms with E-state index in [0.717, 1.165) is 23.7 Å². The Hall–Kier alpha value is -1.57. The summed E-state index contributed by atoms with van der Waals surface area (Å²) in [6.45, 7) is 0.792. The maximum Gasteiger partial charge on any atom is 0.269 e. The Labute approximate surface area is 139 Å². The smallest absolute Gasteiger partial charge is 0.269 e. The van der Waals surface area contributed by atoms with Gasteiger partial charge in [0, 0.05) is 30.0 Å². The highest BCUT2D eigenvalue weighted by Gasteiger charge is 2.28. The van der Waals surface area contributed by atoms with Gasteiger partial charge in [0.2, 0.25) is 10.0 Å². The number of piperidine rings is 1. The van der Waals surface area contributed by atoms with Gasteiger partial charge >= 0.3 is 0 Å². The van der Waals surface area contributed by atoms with Crippen molar-refractivity contribution in [3.63, 3.8) is 0 Å². The van der Waals surface area contributed by atoms with Gasteiger partial charge in [-0.1, -0.05) is 29.8 Å². The van der Waals surface area contributed by atoms with Crippen LogP contribution in [0.15, 0.2) is 24.3 Å². The minimum atomic E-state index is -3.24. The largest absolute Gasteiger partial charge is 0.349 e. The Morgan fingerprint density at radius 3 is 2.83 bits per heavy atom. The van der Waals surface area contributed by atoms with E-state index < -0.39 is 10.0 Å². The Balaban J connectivity index is 1.77. The number of hydrogen-bond acceptors (Lipinski definition) is 3. The molecule has 2 N–H and O–H groups in total. The third-order valence-corrected chi connectivity index (χ3v) is 5.72. The predicted molar refractivity (Wildman–Crippen MR) is 90.2 cm³/mol. The van der Waals surface area contributed by atoms with Crippen LogP contribution in [0.1, 0.15) is 23.3 Å². The molecule has 0 saturated carbocycles. The van der Waals surface area contributed by atoms with Crippen LogP contribution in [0.25, 0.3) is 10.9 Å².